The van der Waals surface area contributed by atoms with Crippen LogP contribution in [0.3, 0.4) is 0 Å². The van der Waals surface area contributed by atoms with Crippen molar-refractivity contribution < 1.29 is 14.3 Å². The van der Waals surface area contributed by atoms with Crippen LogP contribution in [-0.4, -0.2) is 39.4 Å². The number of hydrogen-bond acceptors (Lipinski definition) is 6. The number of amides is 2. The number of carbonyl (C=O) groups excluding carboxylic acids is 2. The fourth-order valence-corrected chi connectivity index (χ4v) is 4.10. The largest absolute Gasteiger partial charge is 0.497 e. The Morgan fingerprint density at radius 1 is 1.12 bits per heavy atom. The number of benzene rings is 2. The Bertz CT molecular complexity index is 1140. The standard InChI is InChI=1S/C22H23Cl2N5O3S/c1-13(25-18(30)11-14-7-9-15(32-3)10-8-14)21-27-28-22(29(21)2)33-12-19(31)26-17-6-4-5-16(23)20(17)24/h4-10,13H,11-12H2,1-3H3,(H,25,30)(H,26,31)/t13-/m0/s1. The minimum absolute atomic E-state index is 0.104. The summed E-state index contributed by atoms with van der Waals surface area (Å²) >= 11 is 13.3. The van der Waals surface area contributed by atoms with Crippen LogP contribution >= 0.6 is 35.0 Å². The molecular formula is C22H23Cl2N5O3S. The van der Waals surface area contributed by atoms with E-state index in [4.69, 9.17) is 27.9 Å². The maximum Gasteiger partial charge on any atom is 0.234 e. The maximum absolute atomic E-state index is 12.4. The third kappa shape index (κ3) is 6.63. The maximum atomic E-state index is 12.4. The van der Waals surface area contributed by atoms with Gasteiger partial charge < -0.3 is 19.9 Å². The molecule has 33 heavy (non-hydrogen) atoms. The molecule has 1 heterocycles. The molecule has 0 bridgehead atoms. The van der Waals surface area contributed by atoms with Gasteiger partial charge in [-0.1, -0.05) is 53.2 Å². The molecule has 0 radical (unpaired) electrons. The lowest BCUT2D eigenvalue weighted by atomic mass is 10.1. The molecule has 2 N–H and O–H groups in total. The fraction of sp³-hybridized carbons (Fsp3) is 0.273. The van der Waals surface area contributed by atoms with Gasteiger partial charge in [-0.3, -0.25) is 9.59 Å². The lowest BCUT2D eigenvalue weighted by Gasteiger charge is -2.14. The van der Waals surface area contributed by atoms with E-state index in [9.17, 15) is 9.59 Å². The highest BCUT2D eigenvalue weighted by atomic mass is 35.5. The van der Waals surface area contributed by atoms with Crippen molar-refractivity contribution >= 4 is 52.5 Å². The molecule has 2 amide bonds. The van der Waals surface area contributed by atoms with Crippen molar-refractivity contribution in [1.29, 1.82) is 0 Å². The van der Waals surface area contributed by atoms with Crippen LogP contribution in [0.15, 0.2) is 47.6 Å². The summed E-state index contributed by atoms with van der Waals surface area (Å²) in [5.41, 5.74) is 1.32. The van der Waals surface area contributed by atoms with Crippen LogP contribution in [0.1, 0.15) is 24.4 Å². The van der Waals surface area contributed by atoms with Gasteiger partial charge in [0.15, 0.2) is 11.0 Å². The van der Waals surface area contributed by atoms with E-state index in [1.807, 2.05) is 31.2 Å². The number of anilines is 1. The van der Waals surface area contributed by atoms with Gasteiger partial charge in [0, 0.05) is 7.05 Å². The number of carbonyl (C=O) groups is 2. The van der Waals surface area contributed by atoms with Crippen LogP contribution in [0.5, 0.6) is 5.75 Å². The molecule has 3 rings (SSSR count). The Hall–Kier alpha value is -2.75. The Labute approximate surface area is 206 Å². The Morgan fingerprint density at radius 3 is 2.55 bits per heavy atom. The second kappa shape index (κ2) is 11.4. The van der Waals surface area contributed by atoms with Crippen molar-refractivity contribution in [2.75, 3.05) is 18.2 Å². The average Bonchev–Trinajstić information content (AvgIpc) is 3.16. The molecule has 1 aromatic heterocycles. The van der Waals surface area contributed by atoms with Crippen molar-refractivity contribution in [3.05, 3.63) is 63.9 Å². The number of ether oxygens (including phenoxy) is 1. The molecule has 0 saturated carbocycles. The first-order valence-electron chi connectivity index (χ1n) is 9.96. The number of aromatic nitrogens is 3. The van der Waals surface area contributed by atoms with Gasteiger partial charge in [-0.25, -0.2) is 0 Å². The van der Waals surface area contributed by atoms with E-state index in [1.165, 1.54) is 11.8 Å². The quantitative estimate of drug-likeness (QED) is 0.419. The lowest BCUT2D eigenvalue weighted by molar-refractivity contribution is -0.121. The van der Waals surface area contributed by atoms with E-state index in [1.54, 1.807) is 36.9 Å². The number of hydrogen-bond donors (Lipinski definition) is 2. The van der Waals surface area contributed by atoms with Gasteiger partial charge >= 0.3 is 0 Å². The van der Waals surface area contributed by atoms with Crippen LogP contribution in [0.25, 0.3) is 0 Å². The SMILES string of the molecule is COc1ccc(CC(=O)N[C@@H](C)c2nnc(SCC(=O)Nc3cccc(Cl)c3Cl)n2C)cc1. The van der Waals surface area contributed by atoms with Gasteiger partial charge in [0.25, 0.3) is 0 Å². The van der Waals surface area contributed by atoms with Crippen LogP contribution < -0.4 is 15.4 Å². The number of nitrogens with zero attached hydrogens (tertiary/aromatic N) is 3. The highest BCUT2D eigenvalue weighted by Crippen LogP contribution is 2.29. The summed E-state index contributed by atoms with van der Waals surface area (Å²) in [7, 11) is 3.38. The number of thioether (sulfide) groups is 1. The molecule has 0 spiro atoms. The summed E-state index contributed by atoms with van der Waals surface area (Å²) in [5, 5.41) is 15.2. The lowest BCUT2D eigenvalue weighted by Crippen LogP contribution is -2.29. The Balaban J connectivity index is 1.54. The normalized spacial score (nSPS) is 11.7. The number of methoxy groups -OCH3 is 1. The number of halogens is 2. The summed E-state index contributed by atoms with van der Waals surface area (Å²) in [4.78, 5) is 24.7. The molecule has 2 aromatic carbocycles. The van der Waals surface area contributed by atoms with Gasteiger partial charge in [0.2, 0.25) is 11.8 Å². The molecule has 0 unspecified atom stereocenters. The van der Waals surface area contributed by atoms with Crippen LogP contribution in [0.2, 0.25) is 10.0 Å². The van der Waals surface area contributed by atoms with Crippen molar-refractivity contribution in [2.45, 2.75) is 24.5 Å². The summed E-state index contributed by atoms with van der Waals surface area (Å²) < 4.78 is 6.88. The smallest absolute Gasteiger partial charge is 0.234 e. The van der Waals surface area contributed by atoms with Crippen molar-refractivity contribution in [1.82, 2.24) is 20.1 Å². The molecule has 0 aliphatic carbocycles. The zero-order valence-corrected chi connectivity index (χ0v) is 20.6. The Morgan fingerprint density at radius 2 is 1.85 bits per heavy atom. The predicted molar refractivity (Wildman–Crippen MR) is 130 cm³/mol. The van der Waals surface area contributed by atoms with Gasteiger partial charge in [0.1, 0.15) is 5.75 Å². The molecule has 11 heteroatoms. The summed E-state index contributed by atoms with van der Waals surface area (Å²) in [6.45, 7) is 1.83. The van der Waals surface area contributed by atoms with Crippen molar-refractivity contribution in [3.8, 4) is 5.75 Å². The zero-order valence-electron chi connectivity index (χ0n) is 18.3. The highest BCUT2D eigenvalue weighted by Gasteiger charge is 2.19. The Kier molecular flexibility index (Phi) is 8.60. The first-order chi connectivity index (χ1) is 15.8. The van der Waals surface area contributed by atoms with Crippen molar-refractivity contribution in [3.63, 3.8) is 0 Å². The molecular weight excluding hydrogens is 485 g/mol. The zero-order chi connectivity index (χ0) is 24.0. The average molecular weight is 508 g/mol. The van der Waals surface area contributed by atoms with Gasteiger partial charge in [0.05, 0.1) is 41.1 Å². The fourth-order valence-electron chi connectivity index (χ4n) is 3.03. The molecule has 0 saturated heterocycles. The topological polar surface area (TPSA) is 98.1 Å². The summed E-state index contributed by atoms with van der Waals surface area (Å²) in [6.07, 6.45) is 0.236. The van der Waals surface area contributed by atoms with Crippen LogP contribution in [0.4, 0.5) is 5.69 Å². The van der Waals surface area contributed by atoms with E-state index < -0.39 is 0 Å². The van der Waals surface area contributed by atoms with E-state index in [-0.39, 0.29) is 35.1 Å². The monoisotopic (exact) mass is 507 g/mol. The predicted octanol–water partition coefficient (Wildman–Crippen LogP) is 4.28. The molecule has 174 valence electrons. The van der Waals surface area contributed by atoms with E-state index in [0.29, 0.717) is 21.7 Å². The minimum atomic E-state index is -0.360. The third-order valence-electron chi connectivity index (χ3n) is 4.72. The van der Waals surface area contributed by atoms with Crippen LogP contribution in [0, 0.1) is 0 Å². The number of rotatable bonds is 9. The van der Waals surface area contributed by atoms with Gasteiger partial charge in [-0.2, -0.15) is 0 Å². The molecule has 3 aromatic rings. The summed E-state index contributed by atoms with van der Waals surface area (Å²) in [5.74, 6) is 1.03. The second-order valence-corrected chi connectivity index (χ2v) is 8.88. The second-order valence-electron chi connectivity index (χ2n) is 7.15. The molecule has 0 aliphatic rings. The first kappa shape index (κ1) is 24.9. The highest BCUT2D eigenvalue weighted by molar-refractivity contribution is 7.99. The van der Waals surface area contributed by atoms with E-state index in [0.717, 1.165) is 11.3 Å². The molecule has 8 nitrogen and oxygen atoms in total. The van der Waals surface area contributed by atoms with E-state index >= 15 is 0 Å². The molecule has 0 fully saturated rings. The summed E-state index contributed by atoms with van der Waals surface area (Å²) in [6, 6.07) is 12.0. The molecule has 0 aliphatic heterocycles. The van der Waals surface area contributed by atoms with Gasteiger partial charge in [-0.15, -0.1) is 10.2 Å². The van der Waals surface area contributed by atoms with E-state index in [2.05, 4.69) is 20.8 Å². The first-order valence-corrected chi connectivity index (χ1v) is 11.7. The minimum Gasteiger partial charge on any atom is -0.497 e. The van der Waals surface area contributed by atoms with Crippen molar-refractivity contribution in [2.24, 2.45) is 7.05 Å². The van der Waals surface area contributed by atoms with Gasteiger partial charge in [-0.05, 0) is 36.8 Å². The third-order valence-corrected chi connectivity index (χ3v) is 6.55. The molecule has 1 atom stereocenters. The number of nitrogens with one attached hydrogen (secondary N) is 2. The van der Waals surface area contributed by atoms with Crippen LogP contribution in [-0.2, 0) is 23.1 Å².